The molecule has 1 aromatic carbocycles. The Morgan fingerprint density at radius 2 is 2.00 bits per heavy atom. The van der Waals surface area contributed by atoms with Gasteiger partial charge in [-0.3, -0.25) is 0 Å². The lowest BCUT2D eigenvalue weighted by molar-refractivity contribution is 0.332. The molecule has 0 bridgehead atoms. The third-order valence-corrected chi connectivity index (χ3v) is 2.39. The Hall–Kier alpha value is -1.02. The van der Waals surface area contributed by atoms with Crippen molar-refractivity contribution in [3.8, 4) is 5.75 Å². The Kier molecular flexibility index (Phi) is 5.19. The van der Waals surface area contributed by atoms with Crippen LogP contribution >= 0.6 is 0 Å². The molecule has 84 valence electrons. The first kappa shape index (κ1) is 12.1. The Morgan fingerprint density at radius 3 is 2.67 bits per heavy atom. The molecule has 1 N–H and O–H groups in total. The molecule has 0 unspecified atom stereocenters. The maximum Gasteiger partial charge on any atom is 0.124 e. The zero-order valence-electron chi connectivity index (χ0n) is 9.92. The van der Waals surface area contributed by atoms with E-state index >= 15 is 0 Å². The molecule has 0 aliphatic heterocycles. The SMILES string of the molecule is CCCN[C@@H](C)c1ccccc1OCC. The van der Waals surface area contributed by atoms with Crippen molar-refractivity contribution in [3.05, 3.63) is 29.8 Å². The van der Waals surface area contributed by atoms with Gasteiger partial charge < -0.3 is 10.1 Å². The molecule has 0 aliphatic rings. The summed E-state index contributed by atoms with van der Waals surface area (Å²) in [5.41, 5.74) is 1.24. The number of hydrogen-bond donors (Lipinski definition) is 1. The van der Waals surface area contributed by atoms with Gasteiger partial charge in [0.1, 0.15) is 5.75 Å². The van der Waals surface area contributed by atoms with Crippen molar-refractivity contribution in [1.82, 2.24) is 5.32 Å². The van der Waals surface area contributed by atoms with Crippen LogP contribution in [-0.2, 0) is 0 Å². The Bertz CT molecular complexity index is 286. The third-order valence-electron chi connectivity index (χ3n) is 2.39. The van der Waals surface area contributed by atoms with Gasteiger partial charge >= 0.3 is 0 Å². The summed E-state index contributed by atoms with van der Waals surface area (Å²) in [6.07, 6.45) is 1.15. The lowest BCUT2D eigenvalue weighted by atomic mass is 10.1. The van der Waals surface area contributed by atoms with Crippen LogP contribution in [0, 0.1) is 0 Å². The van der Waals surface area contributed by atoms with Crippen molar-refractivity contribution in [2.75, 3.05) is 13.2 Å². The van der Waals surface area contributed by atoms with E-state index in [0.717, 1.165) is 25.3 Å². The van der Waals surface area contributed by atoms with E-state index in [9.17, 15) is 0 Å². The highest BCUT2D eigenvalue weighted by atomic mass is 16.5. The highest BCUT2D eigenvalue weighted by molar-refractivity contribution is 5.35. The van der Waals surface area contributed by atoms with Crippen LogP contribution in [0.25, 0.3) is 0 Å². The van der Waals surface area contributed by atoms with Gasteiger partial charge in [0, 0.05) is 11.6 Å². The molecule has 1 rings (SSSR count). The van der Waals surface area contributed by atoms with Crippen LogP contribution < -0.4 is 10.1 Å². The molecule has 0 spiro atoms. The van der Waals surface area contributed by atoms with Crippen LogP contribution in [0.5, 0.6) is 5.75 Å². The van der Waals surface area contributed by atoms with E-state index < -0.39 is 0 Å². The molecular formula is C13H21NO. The topological polar surface area (TPSA) is 21.3 Å². The van der Waals surface area contributed by atoms with Crippen molar-refractivity contribution in [2.24, 2.45) is 0 Å². The summed E-state index contributed by atoms with van der Waals surface area (Å²) >= 11 is 0. The minimum atomic E-state index is 0.354. The van der Waals surface area contributed by atoms with E-state index in [-0.39, 0.29) is 0 Å². The first-order valence-corrected chi connectivity index (χ1v) is 5.74. The van der Waals surface area contributed by atoms with Crippen molar-refractivity contribution < 1.29 is 4.74 Å². The van der Waals surface area contributed by atoms with Gasteiger partial charge in [0.2, 0.25) is 0 Å². The molecule has 0 aliphatic carbocycles. The molecular weight excluding hydrogens is 186 g/mol. The number of hydrogen-bond acceptors (Lipinski definition) is 2. The summed E-state index contributed by atoms with van der Waals surface area (Å²) in [6, 6.07) is 8.58. The fourth-order valence-electron chi connectivity index (χ4n) is 1.60. The second-order valence-electron chi connectivity index (χ2n) is 3.65. The minimum Gasteiger partial charge on any atom is -0.494 e. The number of benzene rings is 1. The molecule has 0 amide bonds. The van der Waals surface area contributed by atoms with Gasteiger partial charge in [-0.2, -0.15) is 0 Å². The quantitative estimate of drug-likeness (QED) is 0.773. The largest absolute Gasteiger partial charge is 0.494 e. The second-order valence-corrected chi connectivity index (χ2v) is 3.65. The molecule has 0 saturated heterocycles. The van der Waals surface area contributed by atoms with Crippen LogP contribution in [0.2, 0.25) is 0 Å². The molecule has 0 fully saturated rings. The lowest BCUT2D eigenvalue weighted by Gasteiger charge is -2.17. The Morgan fingerprint density at radius 1 is 1.27 bits per heavy atom. The van der Waals surface area contributed by atoms with Gasteiger partial charge in [0.15, 0.2) is 0 Å². The van der Waals surface area contributed by atoms with Crippen molar-refractivity contribution in [3.63, 3.8) is 0 Å². The zero-order valence-corrected chi connectivity index (χ0v) is 9.92. The van der Waals surface area contributed by atoms with E-state index in [1.165, 1.54) is 5.56 Å². The molecule has 1 atom stereocenters. The van der Waals surface area contributed by atoms with E-state index in [2.05, 4.69) is 31.3 Å². The van der Waals surface area contributed by atoms with Gasteiger partial charge in [-0.25, -0.2) is 0 Å². The van der Waals surface area contributed by atoms with Crippen LogP contribution in [0.4, 0.5) is 0 Å². The highest BCUT2D eigenvalue weighted by Crippen LogP contribution is 2.24. The number of rotatable bonds is 6. The van der Waals surface area contributed by atoms with Crippen molar-refractivity contribution in [1.29, 1.82) is 0 Å². The summed E-state index contributed by atoms with van der Waals surface area (Å²) in [6.45, 7) is 8.13. The number of para-hydroxylation sites is 1. The number of ether oxygens (including phenoxy) is 1. The average Bonchev–Trinajstić information content (AvgIpc) is 2.27. The van der Waals surface area contributed by atoms with Gasteiger partial charge in [-0.05, 0) is 32.9 Å². The lowest BCUT2D eigenvalue weighted by Crippen LogP contribution is -2.19. The monoisotopic (exact) mass is 207 g/mol. The van der Waals surface area contributed by atoms with Gasteiger partial charge in [0.25, 0.3) is 0 Å². The number of nitrogens with one attached hydrogen (secondary N) is 1. The van der Waals surface area contributed by atoms with E-state index in [0.29, 0.717) is 6.04 Å². The Balaban J connectivity index is 2.72. The third kappa shape index (κ3) is 3.56. The van der Waals surface area contributed by atoms with Crippen LogP contribution in [0.15, 0.2) is 24.3 Å². The normalized spacial score (nSPS) is 12.5. The summed E-state index contributed by atoms with van der Waals surface area (Å²) in [4.78, 5) is 0. The first-order chi connectivity index (χ1) is 7.29. The molecule has 2 nitrogen and oxygen atoms in total. The standard InChI is InChI=1S/C13H21NO/c1-4-10-14-11(3)12-8-6-7-9-13(12)15-5-2/h6-9,11,14H,4-5,10H2,1-3H3/t11-/m0/s1. The molecule has 15 heavy (non-hydrogen) atoms. The zero-order chi connectivity index (χ0) is 11.1. The van der Waals surface area contributed by atoms with Crippen LogP contribution in [0.3, 0.4) is 0 Å². The fraction of sp³-hybridized carbons (Fsp3) is 0.538. The maximum absolute atomic E-state index is 5.60. The molecule has 0 aromatic heterocycles. The maximum atomic E-state index is 5.60. The van der Waals surface area contributed by atoms with Gasteiger partial charge in [-0.15, -0.1) is 0 Å². The van der Waals surface area contributed by atoms with E-state index in [4.69, 9.17) is 4.74 Å². The summed E-state index contributed by atoms with van der Waals surface area (Å²) in [5.74, 6) is 0.996. The molecule has 0 radical (unpaired) electrons. The predicted octanol–water partition coefficient (Wildman–Crippen LogP) is 3.15. The summed E-state index contributed by atoms with van der Waals surface area (Å²) in [7, 11) is 0. The van der Waals surface area contributed by atoms with Crippen molar-refractivity contribution >= 4 is 0 Å². The van der Waals surface area contributed by atoms with E-state index in [1.807, 2.05) is 19.1 Å². The molecule has 0 heterocycles. The van der Waals surface area contributed by atoms with Gasteiger partial charge in [-0.1, -0.05) is 25.1 Å². The molecule has 2 heteroatoms. The van der Waals surface area contributed by atoms with E-state index in [1.54, 1.807) is 0 Å². The van der Waals surface area contributed by atoms with Crippen LogP contribution in [-0.4, -0.2) is 13.2 Å². The molecule has 1 aromatic rings. The summed E-state index contributed by atoms with van der Waals surface area (Å²) < 4.78 is 5.60. The smallest absolute Gasteiger partial charge is 0.124 e. The second kappa shape index (κ2) is 6.46. The Labute approximate surface area is 92.6 Å². The summed E-state index contributed by atoms with van der Waals surface area (Å²) in [5, 5.41) is 3.47. The average molecular weight is 207 g/mol. The minimum absolute atomic E-state index is 0.354. The predicted molar refractivity (Wildman–Crippen MR) is 64.3 cm³/mol. The molecule has 0 saturated carbocycles. The fourth-order valence-corrected chi connectivity index (χ4v) is 1.60. The van der Waals surface area contributed by atoms with Crippen LogP contribution in [0.1, 0.15) is 38.8 Å². The van der Waals surface area contributed by atoms with Crippen molar-refractivity contribution in [2.45, 2.75) is 33.2 Å². The highest BCUT2D eigenvalue weighted by Gasteiger charge is 2.09. The van der Waals surface area contributed by atoms with Gasteiger partial charge in [0.05, 0.1) is 6.61 Å². The first-order valence-electron chi connectivity index (χ1n) is 5.74.